The van der Waals surface area contributed by atoms with E-state index in [1.54, 1.807) is 36.0 Å². The summed E-state index contributed by atoms with van der Waals surface area (Å²) in [6.45, 7) is 8.23. The van der Waals surface area contributed by atoms with E-state index in [2.05, 4.69) is 29.4 Å². The number of aliphatic hydroxyl groups excluding tert-OH is 1. The highest BCUT2D eigenvalue weighted by molar-refractivity contribution is 8.02. The van der Waals surface area contributed by atoms with Gasteiger partial charge in [0.2, 0.25) is 17.7 Å². The molecule has 10 heteroatoms. The number of likely N-dealkylation sites (tertiary alicyclic amines) is 1. The van der Waals surface area contributed by atoms with Crippen molar-refractivity contribution in [2.75, 3.05) is 48.4 Å². The number of β-amino-alcohol motifs (C(OH)–C–C–N with tert-alkyl or cyclic N) is 1. The van der Waals surface area contributed by atoms with Crippen LogP contribution in [0.1, 0.15) is 33.6 Å². The van der Waals surface area contributed by atoms with Crippen molar-refractivity contribution in [3.8, 4) is 5.75 Å². The number of carbonyl (C=O) groups is 3. The van der Waals surface area contributed by atoms with Gasteiger partial charge in [0.05, 0.1) is 29.8 Å². The minimum atomic E-state index is -0.766. The van der Waals surface area contributed by atoms with Gasteiger partial charge in [-0.1, -0.05) is 0 Å². The van der Waals surface area contributed by atoms with Gasteiger partial charge in [0.25, 0.3) is 0 Å². The summed E-state index contributed by atoms with van der Waals surface area (Å²) in [5.74, 6) is -1.17. The lowest BCUT2D eigenvalue weighted by atomic mass is 9.70. The first-order valence-electron chi connectivity index (χ1n) is 14.2. The smallest absolute Gasteiger partial charge is 0.248 e. The molecule has 2 aromatic rings. The van der Waals surface area contributed by atoms with Crippen molar-refractivity contribution in [1.29, 1.82) is 0 Å². The Morgan fingerprint density at radius 1 is 1.02 bits per heavy atom. The van der Waals surface area contributed by atoms with Crippen LogP contribution in [0.2, 0.25) is 0 Å². The third-order valence-corrected chi connectivity index (χ3v) is 10.3. The first-order valence-corrected chi connectivity index (χ1v) is 15.0. The van der Waals surface area contributed by atoms with Gasteiger partial charge in [0, 0.05) is 41.9 Å². The lowest BCUT2D eigenvalue weighted by molar-refractivity contribution is -0.138. The highest BCUT2D eigenvalue weighted by Gasteiger charge is 2.73. The van der Waals surface area contributed by atoms with Crippen molar-refractivity contribution in [2.24, 2.45) is 11.8 Å². The van der Waals surface area contributed by atoms with E-state index in [-0.39, 0.29) is 36.1 Å². The van der Waals surface area contributed by atoms with E-state index in [0.717, 1.165) is 30.9 Å². The maximum absolute atomic E-state index is 13.8. The Balaban J connectivity index is 1.37. The SMILES string of the molecule is CCOc1ccc(NC(=O)[C@@H]2[C@H]3C(=O)N(CCO)C(C(=O)Nc4ccc(N(CC)CC)cc4)C34CC[C@H]2S4)cc1. The molecular formula is C30H38N4O5S. The molecule has 9 nitrogen and oxygen atoms in total. The Hall–Kier alpha value is -3.24. The number of thioether (sulfide) groups is 1. The van der Waals surface area contributed by atoms with Crippen LogP contribution >= 0.6 is 11.8 Å². The van der Waals surface area contributed by atoms with Crippen molar-refractivity contribution >= 4 is 46.5 Å². The molecule has 3 saturated heterocycles. The van der Waals surface area contributed by atoms with Gasteiger partial charge >= 0.3 is 0 Å². The Bertz CT molecular complexity index is 1240. The van der Waals surface area contributed by atoms with Crippen LogP contribution in [0.25, 0.3) is 0 Å². The summed E-state index contributed by atoms with van der Waals surface area (Å²) in [6, 6.07) is 14.1. The van der Waals surface area contributed by atoms with E-state index in [1.807, 2.05) is 31.2 Å². The second kappa shape index (κ2) is 11.7. The Morgan fingerprint density at radius 3 is 2.25 bits per heavy atom. The molecule has 3 N–H and O–H groups in total. The van der Waals surface area contributed by atoms with Crippen LogP contribution in [0.5, 0.6) is 5.75 Å². The summed E-state index contributed by atoms with van der Waals surface area (Å²) in [5, 5.41) is 15.8. The van der Waals surface area contributed by atoms with Gasteiger partial charge in [-0.3, -0.25) is 14.4 Å². The molecule has 0 aromatic heterocycles. The minimum Gasteiger partial charge on any atom is -0.494 e. The summed E-state index contributed by atoms with van der Waals surface area (Å²) in [4.78, 5) is 45.0. The number of hydrogen-bond donors (Lipinski definition) is 3. The molecule has 214 valence electrons. The molecule has 3 aliphatic rings. The van der Waals surface area contributed by atoms with Crippen molar-refractivity contribution in [3.05, 3.63) is 48.5 Å². The predicted octanol–water partition coefficient (Wildman–Crippen LogP) is 3.59. The van der Waals surface area contributed by atoms with Crippen molar-refractivity contribution in [2.45, 2.75) is 49.7 Å². The minimum absolute atomic E-state index is 0.0448. The van der Waals surface area contributed by atoms with E-state index in [1.165, 1.54) is 4.90 Å². The Labute approximate surface area is 239 Å². The molecule has 3 heterocycles. The molecule has 2 aromatic carbocycles. The van der Waals surface area contributed by atoms with Crippen molar-refractivity contribution in [1.82, 2.24) is 4.90 Å². The molecular weight excluding hydrogens is 528 g/mol. The Morgan fingerprint density at radius 2 is 1.65 bits per heavy atom. The molecule has 3 amide bonds. The number of anilines is 3. The monoisotopic (exact) mass is 566 g/mol. The van der Waals surface area contributed by atoms with Gasteiger partial charge in [0.1, 0.15) is 11.8 Å². The molecule has 2 unspecified atom stereocenters. The lowest BCUT2D eigenvalue weighted by Gasteiger charge is -2.34. The normalized spacial score (nSPS) is 26.5. The number of aliphatic hydroxyl groups is 1. The lowest BCUT2D eigenvalue weighted by Crippen LogP contribution is -2.52. The maximum Gasteiger partial charge on any atom is 0.248 e. The zero-order valence-electron chi connectivity index (χ0n) is 23.3. The highest BCUT2D eigenvalue weighted by Crippen LogP contribution is 2.66. The highest BCUT2D eigenvalue weighted by atomic mass is 32.2. The zero-order valence-corrected chi connectivity index (χ0v) is 24.1. The zero-order chi connectivity index (χ0) is 28.4. The molecule has 0 saturated carbocycles. The molecule has 5 rings (SSSR count). The fourth-order valence-corrected chi connectivity index (χ4v) is 8.90. The molecule has 1 spiro atoms. The first kappa shape index (κ1) is 28.3. The number of amides is 3. The third-order valence-electron chi connectivity index (χ3n) is 8.39. The first-order chi connectivity index (χ1) is 19.4. The summed E-state index contributed by atoms with van der Waals surface area (Å²) in [6.07, 6.45) is 1.43. The van der Waals surface area contributed by atoms with Gasteiger partial charge in [-0.2, -0.15) is 0 Å². The number of hydrogen-bond acceptors (Lipinski definition) is 7. The van der Waals surface area contributed by atoms with E-state index < -0.39 is 22.6 Å². The quantitative estimate of drug-likeness (QED) is 0.381. The van der Waals surface area contributed by atoms with Crippen molar-refractivity contribution in [3.63, 3.8) is 0 Å². The number of fused-ring (bicyclic) bond motifs is 1. The Kier molecular flexibility index (Phi) is 8.28. The molecule has 3 aliphatic heterocycles. The summed E-state index contributed by atoms with van der Waals surface area (Å²) >= 11 is 1.61. The number of benzene rings is 2. The van der Waals surface area contributed by atoms with E-state index in [9.17, 15) is 19.5 Å². The van der Waals surface area contributed by atoms with E-state index in [0.29, 0.717) is 24.4 Å². The fourth-order valence-electron chi connectivity index (χ4n) is 6.68. The van der Waals surface area contributed by atoms with Crippen LogP contribution in [0.3, 0.4) is 0 Å². The summed E-state index contributed by atoms with van der Waals surface area (Å²) < 4.78 is 4.78. The summed E-state index contributed by atoms with van der Waals surface area (Å²) in [5.41, 5.74) is 2.36. The van der Waals surface area contributed by atoms with Gasteiger partial charge in [0.15, 0.2) is 0 Å². The van der Waals surface area contributed by atoms with Crippen LogP contribution in [-0.2, 0) is 14.4 Å². The molecule has 40 heavy (non-hydrogen) atoms. The van der Waals surface area contributed by atoms with Gasteiger partial charge < -0.3 is 30.3 Å². The van der Waals surface area contributed by atoms with Gasteiger partial charge in [-0.25, -0.2) is 0 Å². The van der Waals surface area contributed by atoms with Gasteiger partial charge in [-0.15, -0.1) is 11.8 Å². The van der Waals surface area contributed by atoms with Crippen LogP contribution in [0, 0.1) is 11.8 Å². The second-order valence-electron chi connectivity index (χ2n) is 10.5. The molecule has 3 fully saturated rings. The maximum atomic E-state index is 13.8. The standard InChI is InChI=1S/C30H38N4O5S/c1-4-33(5-2)21-11-7-19(8-12-21)32-28(37)26-30-16-15-23(40-30)24(25(30)29(38)34(26)17-18-35)27(36)31-20-9-13-22(14-10-20)39-6-3/h7-14,23-26,35H,4-6,15-18H2,1-3H3,(H,31,36)(H,32,37)/t23-,24+,25+,26?,30?/m1/s1. The fraction of sp³-hybridized carbons (Fsp3) is 0.500. The molecule has 0 aliphatic carbocycles. The molecule has 5 atom stereocenters. The second-order valence-corrected chi connectivity index (χ2v) is 12.1. The number of nitrogens with zero attached hydrogens (tertiary/aromatic N) is 2. The van der Waals surface area contributed by atoms with Gasteiger partial charge in [-0.05, 0) is 82.1 Å². The number of carbonyl (C=O) groups excluding carboxylic acids is 3. The summed E-state index contributed by atoms with van der Waals surface area (Å²) in [7, 11) is 0. The number of ether oxygens (including phenoxy) is 1. The van der Waals surface area contributed by atoms with E-state index in [4.69, 9.17) is 4.74 Å². The topological polar surface area (TPSA) is 111 Å². The third kappa shape index (κ3) is 4.92. The average molecular weight is 567 g/mol. The average Bonchev–Trinajstić information content (AvgIpc) is 3.59. The van der Waals surface area contributed by atoms with Crippen LogP contribution in [-0.4, -0.2) is 76.6 Å². The molecule has 2 bridgehead atoms. The van der Waals surface area contributed by atoms with E-state index >= 15 is 0 Å². The number of rotatable bonds is 11. The molecule has 0 radical (unpaired) electrons. The van der Waals surface area contributed by atoms with Crippen LogP contribution in [0.4, 0.5) is 17.1 Å². The van der Waals surface area contributed by atoms with Crippen LogP contribution < -0.4 is 20.3 Å². The largest absolute Gasteiger partial charge is 0.494 e. The van der Waals surface area contributed by atoms with Crippen molar-refractivity contribution < 1.29 is 24.2 Å². The van der Waals surface area contributed by atoms with Crippen LogP contribution in [0.15, 0.2) is 48.5 Å². The predicted molar refractivity (Wildman–Crippen MR) is 158 cm³/mol. The number of nitrogens with one attached hydrogen (secondary N) is 2.